The van der Waals surface area contributed by atoms with Crippen LogP contribution >= 0.6 is 11.3 Å². The Morgan fingerprint density at radius 2 is 1.73 bits per heavy atom. The summed E-state index contributed by atoms with van der Waals surface area (Å²) in [4.78, 5) is 16.8. The molecule has 0 aliphatic rings. The molecule has 0 saturated carbocycles. The lowest BCUT2D eigenvalue weighted by Crippen LogP contribution is -2.11. The van der Waals surface area contributed by atoms with Gasteiger partial charge in [-0.15, -0.1) is 11.3 Å². The van der Waals surface area contributed by atoms with Crippen molar-refractivity contribution in [2.45, 2.75) is 27.2 Å². The highest BCUT2D eigenvalue weighted by Gasteiger charge is 2.07. The summed E-state index contributed by atoms with van der Waals surface area (Å²) in [6, 6.07) is 14.7. The first kappa shape index (κ1) is 19.7. The van der Waals surface area contributed by atoms with Crippen LogP contribution < -0.4 is 10.1 Å². The molecular formula is C21H24N2O2S. The Morgan fingerprint density at radius 3 is 2.27 bits per heavy atom. The first-order valence-corrected chi connectivity index (χ1v) is 9.58. The van der Waals surface area contributed by atoms with Crippen molar-refractivity contribution in [3.05, 3.63) is 64.5 Å². The van der Waals surface area contributed by atoms with Crippen molar-refractivity contribution in [1.82, 2.24) is 4.98 Å². The van der Waals surface area contributed by atoms with Gasteiger partial charge in [-0.25, -0.2) is 4.98 Å². The van der Waals surface area contributed by atoms with Crippen LogP contribution in [0.2, 0.25) is 0 Å². The van der Waals surface area contributed by atoms with Gasteiger partial charge in [-0.1, -0.05) is 32.9 Å². The zero-order valence-electron chi connectivity index (χ0n) is 15.6. The molecule has 3 aromatic rings. The Kier molecular flexibility index (Phi) is 7.36. The van der Waals surface area contributed by atoms with E-state index in [4.69, 9.17) is 4.74 Å². The smallest absolute Gasteiger partial charge is 0.255 e. The molecule has 0 atom stereocenters. The van der Waals surface area contributed by atoms with Crippen molar-refractivity contribution < 1.29 is 9.53 Å². The Morgan fingerprint density at radius 1 is 1.08 bits per heavy atom. The second kappa shape index (κ2) is 9.73. The summed E-state index contributed by atoms with van der Waals surface area (Å²) in [7, 11) is 1.60. The van der Waals surface area contributed by atoms with Crippen molar-refractivity contribution in [3.8, 4) is 17.0 Å². The molecule has 1 amide bonds. The van der Waals surface area contributed by atoms with Gasteiger partial charge >= 0.3 is 0 Å². The van der Waals surface area contributed by atoms with Crippen LogP contribution in [0.3, 0.4) is 0 Å². The topological polar surface area (TPSA) is 51.2 Å². The molecule has 0 radical (unpaired) electrons. The summed E-state index contributed by atoms with van der Waals surface area (Å²) in [6.07, 6.45) is 0.945. The standard InChI is InChI=1S/C19H18N2O2S.C2H6/c1-3-18-21-17(12-24-18)13-4-8-15(9-5-13)20-19(22)14-6-10-16(23-2)11-7-14;1-2/h4-12H,3H2,1-2H3,(H,20,22);1-2H3. The molecule has 0 aliphatic heterocycles. The van der Waals surface area contributed by atoms with E-state index >= 15 is 0 Å². The van der Waals surface area contributed by atoms with Crippen molar-refractivity contribution in [1.29, 1.82) is 0 Å². The van der Waals surface area contributed by atoms with Crippen molar-refractivity contribution in [2.24, 2.45) is 0 Å². The minimum Gasteiger partial charge on any atom is -0.497 e. The molecule has 0 saturated heterocycles. The van der Waals surface area contributed by atoms with Gasteiger partial charge in [0.2, 0.25) is 0 Å². The second-order valence-electron chi connectivity index (χ2n) is 5.24. The third-order valence-electron chi connectivity index (χ3n) is 3.64. The molecule has 0 spiro atoms. The van der Waals surface area contributed by atoms with Gasteiger partial charge in [-0.05, 0) is 42.8 Å². The number of anilines is 1. The molecule has 1 N–H and O–H groups in total. The maximum absolute atomic E-state index is 12.2. The molecule has 1 heterocycles. The molecule has 4 nitrogen and oxygen atoms in total. The van der Waals surface area contributed by atoms with Crippen molar-refractivity contribution >= 4 is 22.9 Å². The summed E-state index contributed by atoms with van der Waals surface area (Å²) < 4.78 is 5.10. The van der Waals surface area contributed by atoms with Gasteiger partial charge in [0.25, 0.3) is 5.91 Å². The number of benzene rings is 2. The predicted molar refractivity (Wildman–Crippen MR) is 109 cm³/mol. The van der Waals surface area contributed by atoms with Crippen LogP contribution in [0, 0.1) is 0 Å². The molecule has 5 heteroatoms. The summed E-state index contributed by atoms with van der Waals surface area (Å²) in [5.74, 6) is 0.581. The van der Waals surface area contributed by atoms with E-state index in [1.54, 1.807) is 42.7 Å². The fraction of sp³-hybridized carbons (Fsp3) is 0.238. The van der Waals surface area contributed by atoms with Crippen LogP contribution in [0.15, 0.2) is 53.9 Å². The van der Waals surface area contributed by atoms with E-state index in [1.165, 1.54) is 0 Å². The van der Waals surface area contributed by atoms with Crippen molar-refractivity contribution in [3.63, 3.8) is 0 Å². The Hall–Kier alpha value is -2.66. The summed E-state index contributed by atoms with van der Waals surface area (Å²) in [5, 5.41) is 6.08. The number of carbonyl (C=O) groups is 1. The van der Waals surface area contributed by atoms with Gasteiger partial charge in [-0.3, -0.25) is 4.79 Å². The van der Waals surface area contributed by atoms with E-state index in [1.807, 2.05) is 38.1 Å². The lowest BCUT2D eigenvalue weighted by Gasteiger charge is -2.07. The molecule has 0 aliphatic carbocycles. The van der Waals surface area contributed by atoms with Crippen LogP contribution in [0.1, 0.15) is 36.1 Å². The van der Waals surface area contributed by atoms with Gasteiger partial charge in [0.05, 0.1) is 17.8 Å². The van der Waals surface area contributed by atoms with Crippen LogP contribution in [-0.4, -0.2) is 18.0 Å². The molecule has 0 bridgehead atoms. The Balaban J connectivity index is 0.00000117. The zero-order valence-corrected chi connectivity index (χ0v) is 16.4. The molecule has 2 aromatic carbocycles. The van der Waals surface area contributed by atoms with Crippen LogP contribution in [0.5, 0.6) is 5.75 Å². The molecule has 136 valence electrons. The molecule has 1 aromatic heterocycles. The highest BCUT2D eigenvalue weighted by molar-refractivity contribution is 7.09. The number of carbonyl (C=O) groups excluding carboxylic acids is 1. The predicted octanol–water partition coefficient (Wildman–Crippen LogP) is 5.66. The number of amides is 1. The number of rotatable bonds is 5. The zero-order chi connectivity index (χ0) is 18.9. The number of methoxy groups -OCH3 is 1. The van der Waals surface area contributed by atoms with E-state index in [9.17, 15) is 4.79 Å². The lowest BCUT2D eigenvalue weighted by molar-refractivity contribution is 0.102. The van der Waals surface area contributed by atoms with Gasteiger partial charge in [0.15, 0.2) is 0 Å². The maximum Gasteiger partial charge on any atom is 0.255 e. The normalized spacial score (nSPS) is 9.85. The average molecular weight is 369 g/mol. The first-order chi connectivity index (χ1) is 12.7. The minimum atomic E-state index is -0.146. The number of aryl methyl sites for hydroxylation is 1. The van der Waals surface area contributed by atoms with E-state index in [0.717, 1.165) is 34.1 Å². The number of hydrogen-bond acceptors (Lipinski definition) is 4. The number of nitrogens with zero attached hydrogens (tertiary/aromatic N) is 1. The minimum absolute atomic E-state index is 0.146. The number of thiazole rings is 1. The SMILES string of the molecule is CC.CCc1nc(-c2ccc(NC(=O)c3ccc(OC)cc3)cc2)cs1. The largest absolute Gasteiger partial charge is 0.497 e. The number of nitrogens with one attached hydrogen (secondary N) is 1. The molecule has 0 fully saturated rings. The summed E-state index contributed by atoms with van der Waals surface area (Å²) >= 11 is 1.67. The molecule has 3 rings (SSSR count). The van der Waals surface area contributed by atoms with E-state index < -0.39 is 0 Å². The van der Waals surface area contributed by atoms with E-state index in [-0.39, 0.29) is 5.91 Å². The highest BCUT2D eigenvalue weighted by atomic mass is 32.1. The van der Waals surface area contributed by atoms with E-state index in [2.05, 4.69) is 22.6 Å². The van der Waals surface area contributed by atoms with Gasteiger partial charge in [-0.2, -0.15) is 0 Å². The fourth-order valence-electron chi connectivity index (χ4n) is 2.28. The monoisotopic (exact) mass is 368 g/mol. The third kappa shape index (κ3) is 4.92. The Labute approximate surface area is 158 Å². The van der Waals surface area contributed by atoms with Crippen LogP contribution in [0.25, 0.3) is 11.3 Å². The van der Waals surface area contributed by atoms with Gasteiger partial charge in [0, 0.05) is 22.2 Å². The highest BCUT2D eigenvalue weighted by Crippen LogP contribution is 2.24. The van der Waals surface area contributed by atoms with Crippen LogP contribution in [0.4, 0.5) is 5.69 Å². The number of ether oxygens (including phenoxy) is 1. The fourth-order valence-corrected chi connectivity index (χ4v) is 3.03. The third-order valence-corrected chi connectivity index (χ3v) is 4.64. The second-order valence-corrected chi connectivity index (χ2v) is 6.18. The summed E-state index contributed by atoms with van der Waals surface area (Å²) in [5.41, 5.74) is 3.37. The number of hydrogen-bond donors (Lipinski definition) is 1. The maximum atomic E-state index is 12.2. The average Bonchev–Trinajstić information content (AvgIpc) is 3.19. The Bertz CT molecular complexity index is 824. The van der Waals surface area contributed by atoms with Crippen molar-refractivity contribution in [2.75, 3.05) is 12.4 Å². The molecular weight excluding hydrogens is 344 g/mol. The van der Waals surface area contributed by atoms with E-state index in [0.29, 0.717) is 5.56 Å². The van der Waals surface area contributed by atoms with Crippen LogP contribution in [-0.2, 0) is 6.42 Å². The lowest BCUT2D eigenvalue weighted by atomic mass is 10.1. The van der Waals surface area contributed by atoms with Gasteiger partial charge < -0.3 is 10.1 Å². The summed E-state index contributed by atoms with van der Waals surface area (Å²) in [6.45, 7) is 6.10. The quantitative estimate of drug-likeness (QED) is 0.632. The van der Waals surface area contributed by atoms with Gasteiger partial charge in [0.1, 0.15) is 5.75 Å². The molecule has 26 heavy (non-hydrogen) atoms. The first-order valence-electron chi connectivity index (χ1n) is 8.70. The number of aromatic nitrogens is 1. The molecule has 0 unspecified atom stereocenters.